The van der Waals surface area contributed by atoms with Crippen molar-refractivity contribution in [2.75, 3.05) is 6.54 Å². The van der Waals surface area contributed by atoms with Gasteiger partial charge in [-0.3, -0.25) is 4.79 Å². The minimum atomic E-state index is -0.201. The fourth-order valence-electron chi connectivity index (χ4n) is 1.54. The lowest BCUT2D eigenvalue weighted by Crippen LogP contribution is -2.25. The number of hydrogen-bond donors (Lipinski definition) is 2. The largest absolute Gasteiger partial charge is 0.352 e. The van der Waals surface area contributed by atoms with Gasteiger partial charge in [-0.05, 0) is 18.6 Å². The van der Waals surface area contributed by atoms with Gasteiger partial charge >= 0.3 is 0 Å². The smallest absolute Gasteiger partial charge is 0.254 e. The third-order valence-corrected chi connectivity index (χ3v) is 2.74. The molecule has 6 heteroatoms. The molecule has 2 rings (SSSR count). The van der Waals surface area contributed by atoms with E-state index < -0.39 is 0 Å². The van der Waals surface area contributed by atoms with Crippen LogP contribution in [0.25, 0.3) is 0 Å². The number of aromatic amines is 1. The molecule has 0 aliphatic carbocycles. The number of pyridine rings is 1. The Hall–Kier alpha value is -1.88. The van der Waals surface area contributed by atoms with Crippen LogP contribution in [0.3, 0.4) is 0 Å². The summed E-state index contributed by atoms with van der Waals surface area (Å²) < 4.78 is 0. The molecule has 0 saturated heterocycles. The summed E-state index contributed by atoms with van der Waals surface area (Å²) in [5.41, 5.74) is 0.400. The monoisotopic (exact) mass is 264 g/mol. The van der Waals surface area contributed by atoms with Crippen molar-refractivity contribution in [3.63, 3.8) is 0 Å². The molecule has 2 aromatic rings. The van der Waals surface area contributed by atoms with Crippen LogP contribution in [0.15, 0.2) is 30.7 Å². The van der Waals surface area contributed by atoms with Gasteiger partial charge < -0.3 is 10.3 Å². The molecule has 0 aliphatic heterocycles. The number of hydrogen-bond acceptors (Lipinski definition) is 3. The molecule has 2 aromatic heterocycles. The minimum absolute atomic E-state index is 0.201. The highest BCUT2D eigenvalue weighted by molar-refractivity contribution is 6.32. The molecule has 0 spiro atoms. The Balaban J connectivity index is 1.77. The first-order valence-corrected chi connectivity index (χ1v) is 6.02. The predicted molar refractivity (Wildman–Crippen MR) is 68.5 cm³/mol. The molecule has 0 saturated carbocycles. The zero-order valence-electron chi connectivity index (χ0n) is 9.69. The molecule has 18 heavy (non-hydrogen) atoms. The highest BCUT2D eigenvalue weighted by atomic mass is 35.5. The highest BCUT2D eigenvalue weighted by Gasteiger charge is 2.09. The van der Waals surface area contributed by atoms with Gasteiger partial charge in [-0.2, -0.15) is 0 Å². The predicted octanol–water partition coefficient (Wildman–Crippen LogP) is 1.82. The Morgan fingerprint density at radius 1 is 1.39 bits per heavy atom. The molecule has 1 amide bonds. The van der Waals surface area contributed by atoms with Crippen LogP contribution in [0, 0.1) is 0 Å². The summed E-state index contributed by atoms with van der Waals surface area (Å²) in [6.45, 7) is 0.574. The van der Waals surface area contributed by atoms with E-state index in [2.05, 4.69) is 20.3 Å². The number of rotatable bonds is 5. The summed E-state index contributed by atoms with van der Waals surface area (Å²) >= 11 is 5.83. The summed E-state index contributed by atoms with van der Waals surface area (Å²) in [5.74, 6) is 0.719. The fourth-order valence-corrected chi connectivity index (χ4v) is 1.75. The Bertz CT molecular complexity index is 513. The molecule has 0 aromatic carbocycles. The van der Waals surface area contributed by atoms with Crippen LogP contribution < -0.4 is 5.32 Å². The van der Waals surface area contributed by atoms with Gasteiger partial charge in [-0.1, -0.05) is 11.6 Å². The molecular formula is C12H13ClN4O. The zero-order chi connectivity index (χ0) is 12.8. The number of imidazole rings is 1. The van der Waals surface area contributed by atoms with Crippen LogP contribution in [-0.4, -0.2) is 27.4 Å². The van der Waals surface area contributed by atoms with Crippen molar-refractivity contribution in [2.45, 2.75) is 12.8 Å². The molecule has 0 fully saturated rings. The van der Waals surface area contributed by atoms with Crippen LogP contribution in [0.5, 0.6) is 0 Å². The summed E-state index contributed by atoms with van der Waals surface area (Å²) in [6, 6.07) is 3.33. The molecule has 0 atom stereocenters. The number of carbonyl (C=O) groups is 1. The van der Waals surface area contributed by atoms with Gasteiger partial charge in [0, 0.05) is 31.6 Å². The number of H-pyrrole nitrogens is 1. The second kappa shape index (κ2) is 6.16. The number of amides is 1. The van der Waals surface area contributed by atoms with Crippen molar-refractivity contribution in [1.29, 1.82) is 0 Å². The maximum absolute atomic E-state index is 11.8. The third kappa shape index (κ3) is 3.30. The van der Waals surface area contributed by atoms with E-state index in [1.807, 2.05) is 0 Å². The van der Waals surface area contributed by atoms with Crippen LogP contribution in [0.1, 0.15) is 22.6 Å². The third-order valence-electron chi connectivity index (χ3n) is 2.43. The Kier molecular flexibility index (Phi) is 4.30. The van der Waals surface area contributed by atoms with E-state index in [1.165, 1.54) is 0 Å². The SMILES string of the molecule is O=C(NCCCc1ncc[nH]1)c1cccnc1Cl. The van der Waals surface area contributed by atoms with Gasteiger partial charge in [-0.25, -0.2) is 9.97 Å². The number of halogens is 1. The van der Waals surface area contributed by atoms with Crippen molar-refractivity contribution in [2.24, 2.45) is 0 Å². The number of nitrogens with zero attached hydrogens (tertiary/aromatic N) is 2. The fraction of sp³-hybridized carbons (Fsp3) is 0.250. The van der Waals surface area contributed by atoms with E-state index in [0.29, 0.717) is 12.1 Å². The molecule has 0 unspecified atom stereocenters. The highest BCUT2D eigenvalue weighted by Crippen LogP contribution is 2.10. The lowest BCUT2D eigenvalue weighted by Gasteiger charge is -2.05. The first-order valence-electron chi connectivity index (χ1n) is 5.64. The topological polar surface area (TPSA) is 70.7 Å². The number of aryl methyl sites for hydroxylation is 1. The summed E-state index contributed by atoms with van der Waals surface area (Å²) in [5, 5.41) is 3.02. The molecular weight excluding hydrogens is 252 g/mol. The molecule has 0 aliphatic rings. The Morgan fingerprint density at radius 2 is 2.28 bits per heavy atom. The van der Waals surface area contributed by atoms with Crippen molar-refractivity contribution in [1.82, 2.24) is 20.3 Å². The second-order valence-corrected chi connectivity index (χ2v) is 4.10. The van der Waals surface area contributed by atoms with Crippen LogP contribution in [0.2, 0.25) is 5.15 Å². The van der Waals surface area contributed by atoms with Crippen molar-refractivity contribution < 1.29 is 4.79 Å². The zero-order valence-corrected chi connectivity index (χ0v) is 10.4. The summed E-state index contributed by atoms with van der Waals surface area (Å²) in [7, 11) is 0. The number of carbonyl (C=O) groups excluding carboxylic acids is 1. The van der Waals surface area contributed by atoms with Crippen LogP contribution in [0.4, 0.5) is 0 Å². The molecule has 2 N–H and O–H groups in total. The van der Waals surface area contributed by atoms with E-state index >= 15 is 0 Å². The normalized spacial score (nSPS) is 10.3. The van der Waals surface area contributed by atoms with E-state index in [1.54, 1.807) is 30.7 Å². The van der Waals surface area contributed by atoms with E-state index in [0.717, 1.165) is 18.7 Å². The summed E-state index contributed by atoms with van der Waals surface area (Å²) in [6.07, 6.45) is 6.66. The van der Waals surface area contributed by atoms with E-state index in [9.17, 15) is 4.79 Å². The van der Waals surface area contributed by atoms with Gasteiger partial charge in [0.15, 0.2) is 0 Å². The Labute approximate surface area is 110 Å². The van der Waals surface area contributed by atoms with Gasteiger partial charge in [0.25, 0.3) is 5.91 Å². The standard InChI is InChI=1S/C12H13ClN4O/c13-11-9(3-1-5-16-11)12(18)17-6-2-4-10-14-7-8-15-10/h1,3,5,7-8H,2,4,6H2,(H,14,15)(H,17,18). The molecule has 0 radical (unpaired) electrons. The van der Waals surface area contributed by atoms with Gasteiger partial charge in [-0.15, -0.1) is 0 Å². The molecule has 0 bridgehead atoms. The molecule has 2 heterocycles. The quantitative estimate of drug-likeness (QED) is 0.639. The average molecular weight is 265 g/mol. The lowest BCUT2D eigenvalue weighted by atomic mass is 10.2. The van der Waals surface area contributed by atoms with Gasteiger partial charge in [0.05, 0.1) is 5.56 Å². The molecule has 5 nitrogen and oxygen atoms in total. The van der Waals surface area contributed by atoms with Crippen molar-refractivity contribution in [3.8, 4) is 0 Å². The average Bonchev–Trinajstić information content (AvgIpc) is 2.88. The van der Waals surface area contributed by atoms with Gasteiger partial charge in [0.2, 0.25) is 0 Å². The molecule has 94 valence electrons. The van der Waals surface area contributed by atoms with Crippen LogP contribution >= 0.6 is 11.6 Å². The van der Waals surface area contributed by atoms with Crippen molar-refractivity contribution >= 4 is 17.5 Å². The Morgan fingerprint density at radius 3 is 3.00 bits per heavy atom. The summed E-state index contributed by atoms with van der Waals surface area (Å²) in [4.78, 5) is 22.7. The maximum Gasteiger partial charge on any atom is 0.254 e. The van der Waals surface area contributed by atoms with Crippen LogP contribution in [-0.2, 0) is 6.42 Å². The lowest BCUT2D eigenvalue weighted by molar-refractivity contribution is 0.0953. The number of aromatic nitrogens is 3. The first-order chi connectivity index (χ1) is 8.77. The van der Waals surface area contributed by atoms with E-state index in [4.69, 9.17) is 11.6 Å². The van der Waals surface area contributed by atoms with Crippen molar-refractivity contribution in [3.05, 3.63) is 47.3 Å². The first kappa shape index (κ1) is 12.6. The maximum atomic E-state index is 11.8. The minimum Gasteiger partial charge on any atom is -0.352 e. The number of nitrogens with one attached hydrogen (secondary N) is 2. The van der Waals surface area contributed by atoms with E-state index in [-0.39, 0.29) is 11.1 Å². The second-order valence-electron chi connectivity index (χ2n) is 3.74. The van der Waals surface area contributed by atoms with Gasteiger partial charge in [0.1, 0.15) is 11.0 Å².